The van der Waals surface area contributed by atoms with Gasteiger partial charge in [-0.15, -0.1) is 0 Å². The first-order valence-corrected chi connectivity index (χ1v) is 9.19. The summed E-state index contributed by atoms with van der Waals surface area (Å²) in [5, 5.41) is 13.4. The van der Waals surface area contributed by atoms with Crippen molar-refractivity contribution in [1.82, 2.24) is 15.3 Å². The summed E-state index contributed by atoms with van der Waals surface area (Å²) in [6.45, 7) is 7.94. The summed E-state index contributed by atoms with van der Waals surface area (Å²) in [6, 6.07) is 9.90. The molecule has 0 aliphatic carbocycles. The molecule has 144 valence electrons. The Morgan fingerprint density at radius 3 is 2.74 bits per heavy atom. The minimum Gasteiger partial charge on any atom is -0.492 e. The number of nitrogens with zero attached hydrogens (tertiary/aromatic N) is 1. The van der Waals surface area contributed by atoms with Crippen LogP contribution < -0.4 is 14.8 Å². The molecule has 0 spiro atoms. The zero-order chi connectivity index (χ0) is 19.2. The van der Waals surface area contributed by atoms with Crippen LogP contribution in [0.3, 0.4) is 0 Å². The zero-order valence-electron chi connectivity index (χ0n) is 16.1. The molecular weight excluding hydrogens is 342 g/mol. The van der Waals surface area contributed by atoms with Crippen LogP contribution in [0.2, 0.25) is 0 Å². The number of ether oxygens (including phenoxy) is 2. The van der Waals surface area contributed by atoms with Gasteiger partial charge in [0.15, 0.2) is 0 Å². The largest absolute Gasteiger partial charge is 0.492 e. The maximum absolute atomic E-state index is 10.2. The summed E-state index contributed by atoms with van der Waals surface area (Å²) in [5.41, 5.74) is 5.14. The lowest BCUT2D eigenvalue weighted by Crippen LogP contribution is -2.33. The summed E-state index contributed by atoms with van der Waals surface area (Å²) in [6.07, 6.45) is 1.05. The van der Waals surface area contributed by atoms with Crippen LogP contribution in [0.4, 0.5) is 0 Å². The fourth-order valence-electron chi connectivity index (χ4n) is 2.91. The van der Waals surface area contributed by atoms with Gasteiger partial charge in [-0.05, 0) is 49.6 Å². The average Bonchev–Trinajstić information content (AvgIpc) is 3.15. The molecule has 3 rings (SSSR count). The fourth-order valence-corrected chi connectivity index (χ4v) is 2.91. The van der Waals surface area contributed by atoms with Crippen molar-refractivity contribution in [3.05, 3.63) is 53.3 Å². The number of benzene rings is 2. The SMILES string of the molecule is Cc1ccccc1OCCNCC(O)COc1cc(C)c(C)c2nc[nH]c12. The summed E-state index contributed by atoms with van der Waals surface area (Å²) in [4.78, 5) is 7.45. The number of para-hydroxylation sites is 1. The Hall–Kier alpha value is -2.57. The molecule has 0 aliphatic heterocycles. The van der Waals surface area contributed by atoms with E-state index in [4.69, 9.17) is 9.47 Å². The molecule has 0 saturated carbocycles. The molecule has 27 heavy (non-hydrogen) atoms. The van der Waals surface area contributed by atoms with E-state index >= 15 is 0 Å². The molecule has 3 N–H and O–H groups in total. The molecule has 6 nitrogen and oxygen atoms in total. The second-order valence-corrected chi connectivity index (χ2v) is 6.73. The lowest BCUT2D eigenvalue weighted by Gasteiger charge is -2.15. The van der Waals surface area contributed by atoms with E-state index in [1.54, 1.807) is 6.33 Å². The number of aryl methyl sites for hydroxylation is 3. The van der Waals surface area contributed by atoms with Gasteiger partial charge < -0.3 is 24.9 Å². The van der Waals surface area contributed by atoms with Gasteiger partial charge in [-0.25, -0.2) is 4.98 Å². The Balaban J connectivity index is 1.41. The van der Waals surface area contributed by atoms with E-state index < -0.39 is 6.10 Å². The molecule has 1 heterocycles. The van der Waals surface area contributed by atoms with Gasteiger partial charge in [0, 0.05) is 13.1 Å². The third-order valence-corrected chi connectivity index (χ3v) is 4.62. The number of aliphatic hydroxyl groups is 1. The van der Waals surface area contributed by atoms with Crippen molar-refractivity contribution in [3.8, 4) is 11.5 Å². The number of nitrogens with one attached hydrogen (secondary N) is 2. The number of hydrogen-bond acceptors (Lipinski definition) is 5. The molecule has 3 aromatic rings. The molecule has 2 aromatic carbocycles. The van der Waals surface area contributed by atoms with E-state index in [0.717, 1.165) is 33.5 Å². The van der Waals surface area contributed by atoms with Gasteiger partial charge in [-0.2, -0.15) is 0 Å². The molecule has 0 saturated heterocycles. The highest BCUT2D eigenvalue weighted by molar-refractivity contribution is 5.85. The van der Waals surface area contributed by atoms with Crippen LogP contribution in [0, 0.1) is 20.8 Å². The molecule has 1 unspecified atom stereocenters. The van der Waals surface area contributed by atoms with Gasteiger partial charge >= 0.3 is 0 Å². The number of hydrogen-bond donors (Lipinski definition) is 3. The molecule has 0 fully saturated rings. The lowest BCUT2D eigenvalue weighted by atomic mass is 10.1. The van der Waals surface area contributed by atoms with E-state index in [0.29, 0.717) is 25.4 Å². The highest BCUT2D eigenvalue weighted by Crippen LogP contribution is 2.28. The summed E-state index contributed by atoms with van der Waals surface area (Å²) in [5.74, 6) is 1.61. The van der Waals surface area contributed by atoms with Crippen molar-refractivity contribution in [3.63, 3.8) is 0 Å². The van der Waals surface area contributed by atoms with Gasteiger partial charge in [0.25, 0.3) is 0 Å². The summed E-state index contributed by atoms with van der Waals surface area (Å²) < 4.78 is 11.5. The Labute approximate surface area is 159 Å². The first-order chi connectivity index (χ1) is 13.1. The first kappa shape index (κ1) is 19.2. The van der Waals surface area contributed by atoms with Crippen LogP contribution in [0.5, 0.6) is 11.5 Å². The number of aromatic nitrogens is 2. The van der Waals surface area contributed by atoms with E-state index in [2.05, 4.69) is 15.3 Å². The number of fused-ring (bicyclic) bond motifs is 1. The maximum atomic E-state index is 10.2. The van der Waals surface area contributed by atoms with Crippen LogP contribution in [-0.2, 0) is 0 Å². The molecule has 6 heteroatoms. The monoisotopic (exact) mass is 369 g/mol. The van der Waals surface area contributed by atoms with E-state index in [1.165, 1.54) is 0 Å². The van der Waals surface area contributed by atoms with Crippen LogP contribution in [0.25, 0.3) is 11.0 Å². The normalized spacial score (nSPS) is 12.3. The molecular formula is C21H27N3O3. The Bertz CT molecular complexity index is 892. The number of aliphatic hydroxyl groups excluding tert-OH is 1. The number of rotatable bonds is 9. The summed E-state index contributed by atoms with van der Waals surface area (Å²) in [7, 11) is 0. The second kappa shape index (κ2) is 8.88. The predicted molar refractivity (Wildman–Crippen MR) is 107 cm³/mol. The molecule has 0 amide bonds. The van der Waals surface area contributed by atoms with Gasteiger partial charge in [-0.1, -0.05) is 18.2 Å². The third kappa shape index (κ3) is 4.78. The number of H-pyrrole nitrogens is 1. The average molecular weight is 369 g/mol. The summed E-state index contributed by atoms with van der Waals surface area (Å²) >= 11 is 0. The van der Waals surface area contributed by atoms with Crippen molar-refractivity contribution in [2.75, 3.05) is 26.3 Å². The van der Waals surface area contributed by atoms with E-state index in [9.17, 15) is 5.11 Å². The maximum Gasteiger partial charge on any atom is 0.145 e. The second-order valence-electron chi connectivity index (χ2n) is 6.73. The Morgan fingerprint density at radius 2 is 1.93 bits per heavy atom. The van der Waals surface area contributed by atoms with Crippen molar-refractivity contribution >= 4 is 11.0 Å². The standard InChI is InChI=1S/C21H27N3O3/c1-14-6-4-5-7-18(14)26-9-8-22-11-17(25)12-27-19-10-15(2)16(3)20-21(19)24-13-23-20/h4-7,10,13,17,22,25H,8-9,11-12H2,1-3H3,(H,23,24). The van der Waals surface area contributed by atoms with Crippen molar-refractivity contribution < 1.29 is 14.6 Å². The van der Waals surface area contributed by atoms with Crippen LogP contribution in [0.15, 0.2) is 36.7 Å². The van der Waals surface area contributed by atoms with Crippen LogP contribution in [0.1, 0.15) is 16.7 Å². The minimum absolute atomic E-state index is 0.211. The molecule has 0 aliphatic rings. The van der Waals surface area contributed by atoms with E-state index in [-0.39, 0.29) is 6.61 Å². The molecule has 0 bridgehead atoms. The highest BCUT2D eigenvalue weighted by Gasteiger charge is 2.12. The molecule has 1 atom stereocenters. The third-order valence-electron chi connectivity index (χ3n) is 4.62. The van der Waals surface area contributed by atoms with Gasteiger partial charge in [0.1, 0.15) is 36.3 Å². The Morgan fingerprint density at radius 1 is 1.11 bits per heavy atom. The number of aromatic amines is 1. The van der Waals surface area contributed by atoms with Crippen molar-refractivity contribution in [2.45, 2.75) is 26.9 Å². The van der Waals surface area contributed by atoms with Crippen LogP contribution >= 0.6 is 0 Å². The molecule has 0 radical (unpaired) electrons. The quantitative estimate of drug-likeness (QED) is 0.506. The number of imidazole rings is 1. The smallest absolute Gasteiger partial charge is 0.145 e. The van der Waals surface area contributed by atoms with E-state index in [1.807, 2.05) is 51.1 Å². The van der Waals surface area contributed by atoms with Gasteiger partial charge in [0.05, 0.1) is 11.8 Å². The lowest BCUT2D eigenvalue weighted by molar-refractivity contribution is 0.106. The first-order valence-electron chi connectivity index (χ1n) is 9.19. The van der Waals surface area contributed by atoms with Gasteiger partial charge in [0.2, 0.25) is 0 Å². The molecule has 1 aromatic heterocycles. The van der Waals surface area contributed by atoms with Crippen molar-refractivity contribution in [1.29, 1.82) is 0 Å². The topological polar surface area (TPSA) is 79.4 Å². The van der Waals surface area contributed by atoms with Crippen molar-refractivity contribution in [2.24, 2.45) is 0 Å². The van der Waals surface area contributed by atoms with Gasteiger partial charge in [-0.3, -0.25) is 0 Å². The van der Waals surface area contributed by atoms with Crippen LogP contribution in [-0.4, -0.2) is 47.5 Å². The predicted octanol–water partition coefficient (Wildman–Crippen LogP) is 2.90. The zero-order valence-corrected chi connectivity index (χ0v) is 16.1. The highest BCUT2D eigenvalue weighted by atomic mass is 16.5. The fraction of sp³-hybridized carbons (Fsp3) is 0.381. The Kier molecular flexibility index (Phi) is 6.32. The minimum atomic E-state index is -0.608.